The van der Waals surface area contributed by atoms with Crippen molar-refractivity contribution in [3.63, 3.8) is 0 Å². The summed E-state index contributed by atoms with van der Waals surface area (Å²) < 4.78 is 11.3. The van der Waals surface area contributed by atoms with Gasteiger partial charge in [-0.3, -0.25) is 0 Å². The van der Waals surface area contributed by atoms with E-state index in [0.29, 0.717) is 6.61 Å². The first-order chi connectivity index (χ1) is 8.76. The van der Waals surface area contributed by atoms with Crippen LogP contribution in [0.2, 0.25) is 0 Å². The Labute approximate surface area is 106 Å². The second-order valence-electron chi connectivity index (χ2n) is 4.27. The van der Waals surface area contributed by atoms with Gasteiger partial charge in [0, 0.05) is 18.6 Å². The van der Waals surface area contributed by atoms with Crippen LogP contribution in [-0.2, 0) is 6.42 Å². The van der Waals surface area contributed by atoms with Crippen molar-refractivity contribution in [3.05, 3.63) is 47.5 Å². The van der Waals surface area contributed by atoms with Crippen LogP contribution in [0.4, 0.5) is 0 Å². The van der Waals surface area contributed by atoms with Crippen LogP contribution in [0, 0.1) is 0 Å². The minimum atomic E-state index is 0.221. The molecule has 92 valence electrons. The van der Waals surface area contributed by atoms with Gasteiger partial charge >= 0.3 is 0 Å². The van der Waals surface area contributed by atoms with E-state index in [2.05, 4.69) is 0 Å². The van der Waals surface area contributed by atoms with Crippen LogP contribution in [0.5, 0.6) is 23.0 Å². The molecule has 0 atom stereocenters. The minimum absolute atomic E-state index is 0.221. The Morgan fingerprint density at radius 1 is 1.11 bits per heavy atom. The number of hydrogen-bond donors (Lipinski definition) is 1. The predicted octanol–water partition coefficient (Wildman–Crippen LogP) is 3.49. The average molecular weight is 242 g/mol. The Balaban J connectivity index is 1.98. The van der Waals surface area contributed by atoms with E-state index in [-0.39, 0.29) is 5.75 Å². The number of ether oxygens (including phenoxy) is 2. The Kier molecular flexibility index (Phi) is 2.59. The monoisotopic (exact) mass is 242 g/mol. The van der Waals surface area contributed by atoms with Crippen molar-refractivity contribution in [2.24, 2.45) is 0 Å². The number of benzene rings is 2. The molecular formula is C15H14O3. The van der Waals surface area contributed by atoms with Crippen LogP contribution in [0.25, 0.3) is 0 Å². The third kappa shape index (κ3) is 1.88. The molecule has 0 bridgehead atoms. The number of phenols is 1. The van der Waals surface area contributed by atoms with E-state index in [4.69, 9.17) is 9.47 Å². The van der Waals surface area contributed by atoms with Gasteiger partial charge in [-0.25, -0.2) is 0 Å². The zero-order valence-corrected chi connectivity index (χ0v) is 10.1. The lowest BCUT2D eigenvalue weighted by molar-refractivity contribution is 0.337. The van der Waals surface area contributed by atoms with Crippen molar-refractivity contribution in [1.29, 1.82) is 0 Å². The van der Waals surface area contributed by atoms with E-state index in [1.165, 1.54) is 0 Å². The van der Waals surface area contributed by atoms with Gasteiger partial charge in [0.15, 0.2) is 0 Å². The van der Waals surface area contributed by atoms with Gasteiger partial charge in [-0.2, -0.15) is 0 Å². The number of fused-ring (bicyclic) bond motifs is 2. The zero-order valence-electron chi connectivity index (χ0n) is 10.1. The maximum absolute atomic E-state index is 9.47. The molecule has 0 amide bonds. The summed E-state index contributed by atoms with van der Waals surface area (Å²) in [5.74, 6) is 2.55. The lowest BCUT2D eigenvalue weighted by Gasteiger charge is -2.20. The molecule has 0 radical (unpaired) electrons. The molecule has 1 aliphatic rings. The van der Waals surface area contributed by atoms with Crippen molar-refractivity contribution in [1.82, 2.24) is 0 Å². The summed E-state index contributed by atoms with van der Waals surface area (Å²) in [4.78, 5) is 0. The Hall–Kier alpha value is -2.16. The molecule has 3 rings (SSSR count). The van der Waals surface area contributed by atoms with Gasteiger partial charge in [0.2, 0.25) is 0 Å². The van der Waals surface area contributed by atoms with Gasteiger partial charge < -0.3 is 14.6 Å². The van der Waals surface area contributed by atoms with E-state index in [1.54, 1.807) is 12.1 Å². The third-order valence-corrected chi connectivity index (χ3v) is 3.00. The van der Waals surface area contributed by atoms with Crippen molar-refractivity contribution in [3.8, 4) is 23.0 Å². The van der Waals surface area contributed by atoms with Gasteiger partial charge in [-0.05, 0) is 30.2 Å². The van der Waals surface area contributed by atoms with Gasteiger partial charge in [-0.15, -0.1) is 0 Å². The Morgan fingerprint density at radius 2 is 1.83 bits per heavy atom. The smallest absolute Gasteiger partial charge is 0.134 e. The minimum Gasteiger partial charge on any atom is -0.508 e. The molecule has 0 aliphatic carbocycles. The van der Waals surface area contributed by atoms with Gasteiger partial charge in [0.25, 0.3) is 0 Å². The fourth-order valence-electron chi connectivity index (χ4n) is 2.14. The first-order valence-corrected chi connectivity index (χ1v) is 6.01. The fraction of sp³-hybridized carbons (Fsp3) is 0.200. The van der Waals surface area contributed by atoms with Crippen LogP contribution in [-0.4, -0.2) is 11.7 Å². The first-order valence-electron chi connectivity index (χ1n) is 6.01. The summed E-state index contributed by atoms with van der Waals surface area (Å²) in [5, 5.41) is 9.47. The molecule has 0 unspecified atom stereocenters. The van der Waals surface area contributed by atoms with Crippen molar-refractivity contribution < 1.29 is 14.6 Å². The van der Waals surface area contributed by atoms with Gasteiger partial charge in [-0.1, -0.05) is 12.1 Å². The second kappa shape index (κ2) is 4.26. The number of aromatic hydroxyl groups is 1. The van der Waals surface area contributed by atoms with Crippen molar-refractivity contribution in [2.45, 2.75) is 13.3 Å². The molecule has 0 saturated heterocycles. The number of rotatable bonds is 2. The quantitative estimate of drug-likeness (QED) is 0.747. The summed E-state index contributed by atoms with van der Waals surface area (Å²) in [6, 6.07) is 11.1. The second-order valence-corrected chi connectivity index (χ2v) is 4.27. The van der Waals surface area contributed by atoms with Crippen LogP contribution < -0.4 is 9.47 Å². The van der Waals surface area contributed by atoms with Crippen LogP contribution in [0.1, 0.15) is 18.1 Å². The van der Waals surface area contributed by atoms with Crippen LogP contribution >= 0.6 is 0 Å². The molecule has 1 aliphatic heterocycles. The van der Waals surface area contributed by atoms with Crippen molar-refractivity contribution in [2.75, 3.05) is 6.61 Å². The number of phenolic OH excluding ortho intramolecular Hbond substituents is 1. The molecule has 18 heavy (non-hydrogen) atoms. The molecule has 0 saturated carbocycles. The maximum Gasteiger partial charge on any atom is 0.134 e. The van der Waals surface area contributed by atoms with E-state index in [0.717, 1.165) is 34.8 Å². The molecule has 0 aromatic heterocycles. The van der Waals surface area contributed by atoms with Gasteiger partial charge in [0.05, 0.1) is 6.61 Å². The summed E-state index contributed by atoms with van der Waals surface area (Å²) >= 11 is 0. The normalized spacial score (nSPS) is 12.3. The molecule has 0 spiro atoms. The first kappa shape index (κ1) is 11.0. The maximum atomic E-state index is 9.47. The lowest BCUT2D eigenvalue weighted by Crippen LogP contribution is -2.03. The molecule has 1 N–H and O–H groups in total. The highest BCUT2D eigenvalue weighted by Crippen LogP contribution is 2.39. The molecule has 2 aromatic carbocycles. The summed E-state index contributed by atoms with van der Waals surface area (Å²) in [5.41, 5.74) is 2.22. The molecule has 3 nitrogen and oxygen atoms in total. The lowest BCUT2D eigenvalue weighted by atomic mass is 10.00. The van der Waals surface area contributed by atoms with Gasteiger partial charge in [0.1, 0.15) is 23.0 Å². The SMILES string of the molecule is CCOc1ccc2c(c1)Oc1cc(O)ccc1C2. The summed E-state index contributed by atoms with van der Waals surface area (Å²) in [6.07, 6.45) is 0.817. The van der Waals surface area contributed by atoms with Crippen LogP contribution in [0.3, 0.4) is 0 Å². The van der Waals surface area contributed by atoms with E-state index in [9.17, 15) is 5.11 Å². The van der Waals surface area contributed by atoms with E-state index >= 15 is 0 Å². The molecule has 1 heterocycles. The van der Waals surface area contributed by atoms with Crippen LogP contribution in [0.15, 0.2) is 36.4 Å². The Bertz CT molecular complexity index is 590. The summed E-state index contributed by atoms with van der Waals surface area (Å²) in [6.45, 7) is 2.59. The molecule has 3 heteroatoms. The average Bonchev–Trinajstić information content (AvgIpc) is 2.36. The molecular weight excluding hydrogens is 228 g/mol. The highest BCUT2D eigenvalue weighted by Gasteiger charge is 2.17. The standard InChI is InChI=1S/C15H14O3/c1-2-17-13-6-4-11-7-10-3-5-12(16)8-14(10)18-15(11)9-13/h3-6,8-9,16H,2,7H2,1H3. The van der Waals surface area contributed by atoms with E-state index in [1.807, 2.05) is 31.2 Å². The third-order valence-electron chi connectivity index (χ3n) is 3.00. The zero-order chi connectivity index (χ0) is 12.5. The topological polar surface area (TPSA) is 38.7 Å². The highest BCUT2D eigenvalue weighted by atomic mass is 16.5. The highest BCUT2D eigenvalue weighted by molar-refractivity contribution is 5.53. The Morgan fingerprint density at radius 3 is 2.61 bits per heavy atom. The summed E-state index contributed by atoms with van der Waals surface area (Å²) in [7, 11) is 0. The molecule has 2 aromatic rings. The molecule has 0 fully saturated rings. The fourth-order valence-corrected chi connectivity index (χ4v) is 2.14. The largest absolute Gasteiger partial charge is 0.508 e. The predicted molar refractivity (Wildman–Crippen MR) is 68.6 cm³/mol. The van der Waals surface area contributed by atoms with E-state index < -0.39 is 0 Å². The van der Waals surface area contributed by atoms with Crippen molar-refractivity contribution >= 4 is 0 Å². The number of hydrogen-bond acceptors (Lipinski definition) is 3.